The van der Waals surface area contributed by atoms with Gasteiger partial charge in [-0.2, -0.15) is 0 Å². The highest BCUT2D eigenvalue weighted by molar-refractivity contribution is 7.46. The monoisotopic (exact) mass is 857 g/mol. The van der Waals surface area contributed by atoms with Crippen LogP contribution in [0.2, 0.25) is 0 Å². The molecule has 0 heterocycles. The third-order valence-electron chi connectivity index (χ3n) is 11.3. The van der Waals surface area contributed by atoms with Crippen molar-refractivity contribution in [1.82, 2.24) is 0 Å². The lowest BCUT2D eigenvalue weighted by Gasteiger charge is -2.18. The van der Waals surface area contributed by atoms with E-state index in [4.69, 9.17) is 19.3 Å². The van der Waals surface area contributed by atoms with E-state index in [2.05, 4.69) is 18.4 Å². The van der Waals surface area contributed by atoms with Crippen molar-refractivity contribution in [3.63, 3.8) is 0 Å². The summed E-state index contributed by atoms with van der Waals surface area (Å²) >= 11 is 0. The zero-order valence-electron chi connectivity index (χ0n) is 37.1. The number of unbranched alkanes of at least 4 members (excludes halogenated alkanes) is 23. The molecule has 1 saturated carbocycles. The Bertz CT molecular complexity index is 1170. The predicted octanol–water partition coefficient (Wildman–Crippen LogP) is 11.3. The molecule has 11 nitrogen and oxygen atoms in total. The molecule has 0 saturated heterocycles. The minimum Gasteiger partial charge on any atom is -0.462 e. The Morgan fingerprint density at radius 3 is 1.71 bits per heavy atom. The lowest BCUT2D eigenvalue weighted by atomic mass is 9.90. The first-order chi connectivity index (χ1) is 28.5. The van der Waals surface area contributed by atoms with Crippen molar-refractivity contribution < 1.29 is 52.9 Å². The van der Waals surface area contributed by atoms with E-state index in [-0.39, 0.29) is 37.6 Å². The topological polar surface area (TPSA) is 177 Å². The number of carbonyl (C=O) groups excluding carboxylic acids is 3. The second kappa shape index (κ2) is 36.7. The number of carbonyl (C=O) groups is 3. The van der Waals surface area contributed by atoms with Crippen LogP contribution in [-0.2, 0) is 32.9 Å². The second-order valence-electron chi connectivity index (χ2n) is 16.9. The van der Waals surface area contributed by atoms with Crippen LogP contribution in [-0.4, -0.2) is 69.2 Å². The predicted molar refractivity (Wildman–Crippen MR) is 236 cm³/mol. The minimum atomic E-state index is -4.83. The number of rotatable bonds is 40. The lowest BCUT2D eigenvalue weighted by Crippen LogP contribution is -2.29. The van der Waals surface area contributed by atoms with Crippen LogP contribution in [0.4, 0.5) is 0 Å². The molecule has 1 aliphatic carbocycles. The Morgan fingerprint density at radius 2 is 1.19 bits per heavy atom. The molecule has 0 bridgehead atoms. The molecule has 0 radical (unpaired) electrons. The molecule has 5 atom stereocenters. The zero-order valence-corrected chi connectivity index (χ0v) is 38.0. The van der Waals surface area contributed by atoms with Gasteiger partial charge in [0.05, 0.1) is 18.8 Å². The number of esters is 2. The molecule has 4 N–H and O–H groups in total. The van der Waals surface area contributed by atoms with Gasteiger partial charge < -0.3 is 29.5 Å². The summed E-state index contributed by atoms with van der Waals surface area (Å²) in [6.45, 7) is 3.39. The smallest absolute Gasteiger partial charge is 0.462 e. The van der Waals surface area contributed by atoms with E-state index >= 15 is 0 Å². The Balaban J connectivity index is 2.19. The molecule has 1 rings (SSSR count). The molecule has 0 aromatic carbocycles. The maximum absolute atomic E-state index is 12.5. The normalized spacial score (nSPS) is 18.3. The standard InChI is InChI=1S/C47H85O11P/c1-3-5-7-8-9-10-11-12-13-14-15-16-17-18-19-20-21-22-23-24-29-33-46(51)56-38-41(39-57-59(53,54)55)58-47(52)34-30-26-25-28-32-42-43(45(50)37-44(42)49)36-35-40(48)31-27-6-4-2/h25,28,35-36,40-44,48-49H,3-24,26-27,29-34,37-39H2,1-2H3,(H2,53,54,55)/b28-25-,36-35+/t40-,41+,42+,43+,44-/m0/s1. The number of phosphoric ester groups is 1. The van der Waals surface area contributed by atoms with Crippen molar-refractivity contribution in [2.75, 3.05) is 13.2 Å². The first-order valence-corrected chi connectivity index (χ1v) is 25.3. The van der Waals surface area contributed by atoms with E-state index in [1.807, 2.05) is 12.2 Å². The molecule has 0 amide bonds. The van der Waals surface area contributed by atoms with Crippen molar-refractivity contribution >= 4 is 25.5 Å². The summed E-state index contributed by atoms with van der Waals surface area (Å²) in [5.74, 6) is -1.84. The summed E-state index contributed by atoms with van der Waals surface area (Å²) in [5, 5.41) is 20.7. The average molecular weight is 857 g/mol. The molecular formula is C47H85O11P. The second-order valence-corrected chi connectivity index (χ2v) is 18.1. The first kappa shape index (κ1) is 55.1. The van der Waals surface area contributed by atoms with Crippen LogP contribution >= 0.6 is 7.82 Å². The third-order valence-corrected chi connectivity index (χ3v) is 11.8. The quantitative estimate of drug-likeness (QED) is 0.0200. The maximum atomic E-state index is 12.5. The van der Waals surface area contributed by atoms with Gasteiger partial charge in [-0.1, -0.05) is 186 Å². The Kier molecular flexibility index (Phi) is 34.3. The zero-order chi connectivity index (χ0) is 43.4. The Morgan fingerprint density at radius 1 is 0.695 bits per heavy atom. The molecule has 344 valence electrons. The Hall–Kier alpha value is -1.88. The number of ether oxygens (including phenoxy) is 2. The van der Waals surface area contributed by atoms with E-state index in [0.717, 1.165) is 38.5 Å². The highest BCUT2D eigenvalue weighted by Gasteiger charge is 2.39. The van der Waals surface area contributed by atoms with Gasteiger partial charge in [0.1, 0.15) is 12.4 Å². The number of hydrogen-bond acceptors (Lipinski definition) is 9. The van der Waals surface area contributed by atoms with Gasteiger partial charge in [0.2, 0.25) is 0 Å². The van der Waals surface area contributed by atoms with E-state index in [0.29, 0.717) is 32.1 Å². The molecule has 0 aromatic heterocycles. The van der Waals surface area contributed by atoms with Crippen molar-refractivity contribution in [2.24, 2.45) is 11.8 Å². The molecule has 0 aromatic rings. The van der Waals surface area contributed by atoms with Gasteiger partial charge in [-0.3, -0.25) is 18.9 Å². The molecular weight excluding hydrogens is 771 g/mol. The molecule has 59 heavy (non-hydrogen) atoms. The maximum Gasteiger partial charge on any atom is 0.469 e. The van der Waals surface area contributed by atoms with Crippen LogP contribution in [0.25, 0.3) is 0 Å². The van der Waals surface area contributed by atoms with Crippen molar-refractivity contribution in [3.05, 3.63) is 24.3 Å². The summed E-state index contributed by atoms with van der Waals surface area (Å²) in [6.07, 6.45) is 37.0. The molecule has 0 aliphatic heterocycles. The summed E-state index contributed by atoms with van der Waals surface area (Å²) < 4.78 is 26.4. The number of aliphatic hydroxyl groups is 2. The number of allylic oxidation sites excluding steroid dienone is 3. The van der Waals surface area contributed by atoms with E-state index in [1.165, 1.54) is 109 Å². The SMILES string of the molecule is CCCCCCCCCCCCCCCCCCCCCCCC(=O)OC[C@H](COP(=O)(O)O)OC(=O)CCC/C=C\C[C@H]1[C@@H](O)CC(=O)[C@@H]1/C=C/[C@@H](O)CCCCC. The van der Waals surface area contributed by atoms with Crippen molar-refractivity contribution in [2.45, 2.75) is 231 Å². The molecule has 1 aliphatic rings. The number of phosphoric acid groups is 1. The summed E-state index contributed by atoms with van der Waals surface area (Å²) in [5.41, 5.74) is 0. The number of aliphatic hydroxyl groups excluding tert-OH is 2. The average Bonchev–Trinajstić information content (AvgIpc) is 3.47. The lowest BCUT2D eigenvalue weighted by molar-refractivity contribution is -0.161. The summed E-state index contributed by atoms with van der Waals surface area (Å²) in [7, 11) is -4.83. The largest absolute Gasteiger partial charge is 0.469 e. The van der Waals surface area contributed by atoms with Crippen LogP contribution in [0.15, 0.2) is 24.3 Å². The highest BCUT2D eigenvalue weighted by atomic mass is 31.2. The van der Waals surface area contributed by atoms with E-state index < -0.39 is 50.6 Å². The number of Topliss-reactive ketones (excluding diaryl/α,β-unsaturated/α-hetero) is 1. The molecule has 0 spiro atoms. The fourth-order valence-electron chi connectivity index (χ4n) is 7.71. The minimum absolute atomic E-state index is 0.0238. The van der Waals surface area contributed by atoms with Crippen LogP contribution in [0.3, 0.4) is 0 Å². The fourth-order valence-corrected chi connectivity index (χ4v) is 8.07. The summed E-state index contributed by atoms with van der Waals surface area (Å²) in [4.78, 5) is 55.7. The first-order valence-electron chi connectivity index (χ1n) is 23.7. The number of ketones is 1. The Labute approximate surface area is 358 Å². The highest BCUT2D eigenvalue weighted by Crippen LogP contribution is 2.36. The van der Waals surface area contributed by atoms with Gasteiger partial charge in [0, 0.05) is 31.1 Å². The fraction of sp³-hybridized carbons (Fsp3) is 0.851. The van der Waals surface area contributed by atoms with Gasteiger partial charge in [-0.25, -0.2) is 4.57 Å². The van der Waals surface area contributed by atoms with Crippen LogP contribution < -0.4 is 0 Å². The molecule has 1 fully saturated rings. The van der Waals surface area contributed by atoms with Gasteiger partial charge >= 0.3 is 19.8 Å². The molecule has 0 unspecified atom stereocenters. The van der Waals surface area contributed by atoms with Crippen LogP contribution in [0.5, 0.6) is 0 Å². The van der Waals surface area contributed by atoms with Crippen molar-refractivity contribution in [3.8, 4) is 0 Å². The van der Waals surface area contributed by atoms with Gasteiger partial charge in [-0.05, 0) is 32.1 Å². The number of hydrogen-bond donors (Lipinski definition) is 4. The van der Waals surface area contributed by atoms with E-state index in [9.17, 15) is 29.2 Å². The van der Waals surface area contributed by atoms with E-state index in [1.54, 1.807) is 12.2 Å². The van der Waals surface area contributed by atoms with Gasteiger partial charge in [0.25, 0.3) is 0 Å². The van der Waals surface area contributed by atoms with Crippen LogP contribution in [0.1, 0.15) is 213 Å². The van der Waals surface area contributed by atoms with Crippen LogP contribution in [0, 0.1) is 11.8 Å². The van der Waals surface area contributed by atoms with Crippen molar-refractivity contribution in [1.29, 1.82) is 0 Å². The third kappa shape index (κ3) is 32.5. The van der Waals surface area contributed by atoms with Gasteiger partial charge in [-0.15, -0.1) is 0 Å². The molecule has 12 heteroatoms. The summed E-state index contributed by atoms with van der Waals surface area (Å²) in [6, 6.07) is 0. The van der Waals surface area contributed by atoms with Gasteiger partial charge in [0.15, 0.2) is 6.10 Å².